The van der Waals surface area contributed by atoms with Crippen molar-refractivity contribution in [2.24, 2.45) is 0 Å². The first-order valence-electron chi connectivity index (χ1n) is 8.07. The van der Waals surface area contributed by atoms with E-state index in [1.807, 2.05) is 4.90 Å². The van der Waals surface area contributed by atoms with Crippen LogP contribution in [-0.2, 0) is 6.42 Å². The van der Waals surface area contributed by atoms with Crippen molar-refractivity contribution in [3.8, 4) is 0 Å². The monoisotopic (exact) mass is 297 g/mol. The van der Waals surface area contributed by atoms with Gasteiger partial charge in [0.25, 0.3) is 5.91 Å². The van der Waals surface area contributed by atoms with Crippen LogP contribution in [0, 0.1) is 6.92 Å². The summed E-state index contributed by atoms with van der Waals surface area (Å²) in [5, 5.41) is 0. The summed E-state index contributed by atoms with van der Waals surface area (Å²) in [5.41, 5.74) is 2.63. The largest absolute Gasteiger partial charge is 0.459 e. The Morgan fingerprint density at radius 3 is 2.68 bits per heavy atom. The molecule has 1 aliphatic rings. The average Bonchev–Trinajstić information content (AvgIpc) is 3.16. The average molecular weight is 297 g/mol. The molecule has 3 rings (SSSR count). The van der Waals surface area contributed by atoms with Crippen molar-refractivity contribution in [2.45, 2.75) is 51.6 Å². The number of carbonyl (C=O) groups is 1. The smallest absolute Gasteiger partial charge is 0.290 e. The number of likely N-dealkylation sites (tertiary alicyclic amines) is 1. The van der Waals surface area contributed by atoms with Crippen LogP contribution in [-0.4, -0.2) is 22.9 Å². The summed E-state index contributed by atoms with van der Waals surface area (Å²) >= 11 is 0. The van der Waals surface area contributed by atoms with E-state index in [2.05, 4.69) is 38.1 Å². The van der Waals surface area contributed by atoms with Gasteiger partial charge in [-0.05, 0) is 57.2 Å². The highest BCUT2D eigenvalue weighted by molar-refractivity contribution is 5.92. The Hall–Kier alpha value is -2.03. The van der Waals surface area contributed by atoms with Crippen molar-refractivity contribution < 1.29 is 9.21 Å². The predicted molar refractivity (Wildman–Crippen MR) is 86.9 cm³/mol. The number of hydrogen-bond donors (Lipinski definition) is 0. The molecule has 3 nitrogen and oxygen atoms in total. The van der Waals surface area contributed by atoms with Crippen molar-refractivity contribution in [1.29, 1.82) is 0 Å². The van der Waals surface area contributed by atoms with E-state index < -0.39 is 0 Å². The molecule has 1 fully saturated rings. The van der Waals surface area contributed by atoms with Crippen molar-refractivity contribution in [3.05, 3.63) is 59.5 Å². The van der Waals surface area contributed by atoms with Crippen LogP contribution < -0.4 is 0 Å². The number of nitrogens with zero attached hydrogens (tertiary/aromatic N) is 1. The maximum Gasteiger partial charge on any atom is 0.290 e. The quantitative estimate of drug-likeness (QED) is 0.847. The molecule has 116 valence electrons. The third kappa shape index (κ3) is 3.08. The molecule has 2 atom stereocenters. The molecule has 0 aliphatic carbocycles. The molecule has 1 aromatic heterocycles. The van der Waals surface area contributed by atoms with Crippen molar-refractivity contribution >= 4 is 5.91 Å². The Morgan fingerprint density at radius 2 is 2.00 bits per heavy atom. The molecule has 0 unspecified atom stereocenters. The fraction of sp³-hybridized carbons (Fsp3) is 0.421. The minimum atomic E-state index is 0.0314. The Balaban J connectivity index is 1.67. The maximum atomic E-state index is 12.6. The van der Waals surface area contributed by atoms with Gasteiger partial charge in [0.2, 0.25) is 0 Å². The van der Waals surface area contributed by atoms with Gasteiger partial charge < -0.3 is 9.32 Å². The molecule has 0 spiro atoms. The van der Waals surface area contributed by atoms with Gasteiger partial charge in [-0.15, -0.1) is 0 Å². The van der Waals surface area contributed by atoms with Crippen LogP contribution >= 0.6 is 0 Å². The summed E-state index contributed by atoms with van der Waals surface area (Å²) in [6, 6.07) is 12.8. The summed E-state index contributed by atoms with van der Waals surface area (Å²) in [6.07, 6.45) is 5.75. The third-order valence-electron chi connectivity index (χ3n) is 4.64. The van der Waals surface area contributed by atoms with E-state index in [0.29, 0.717) is 17.8 Å². The number of rotatable bonds is 4. The minimum Gasteiger partial charge on any atom is -0.459 e. The summed E-state index contributed by atoms with van der Waals surface area (Å²) in [5.74, 6) is 0.484. The highest BCUT2D eigenvalue weighted by Crippen LogP contribution is 2.29. The van der Waals surface area contributed by atoms with E-state index in [0.717, 1.165) is 25.7 Å². The normalized spacial score (nSPS) is 21.3. The van der Waals surface area contributed by atoms with Crippen LogP contribution in [0.4, 0.5) is 0 Å². The number of carbonyl (C=O) groups excluding carboxylic acids is 1. The van der Waals surface area contributed by atoms with Crippen molar-refractivity contribution in [2.75, 3.05) is 0 Å². The molecule has 0 saturated carbocycles. The number of benzene rings is 1. The van der Waals surface area contributed by atoms with E-state index in [4.69, 9.17) is 4.42 Å². The van der Waals surface area contributed by atoms with Crippen LogP contribution in [0.1, 0.15) is 47.9 Å². The first kappa shape index (κ1) is 14.9. The van der Waals surface area contributed by atoms with Gasteiger partial charge >= 0.3 is 0 Å². The molecular formula is C19H23NO2. The topological polar surface area (TPSA) is 33.5 Å². The van der Waals surface area contributed by atoms with Crippen LogP contribution in [0.25, 0.3) is 0 Å². The van der Waals surface area contributed by atoms with Crippen LogP contribution in [0.2, 0.25) is 0 Å². The van der Waals surface area contributed by atoms with Gasteiger partial charge in [-0.3, -0.25) is 4.79 Å². The number of furan rings is 1. The zero-order chi connectivity index (χ0) is 15.5. The van der Waals surface area contributed by atoms with Crippen LogP contribution in [0.15, 0.2) is 47.1 Å². The Labute approximate surface area is 131 Å². The Morgan fingerprint density at radius 1 is 1.23 bits per heavy atom. The standard InChI is InChI=1S/C19H23NO2/c1-14-5-8-16(9-6-14)10-12-17-11-7-15(2)20(17)19(21)18-4-3-13-22-18/h3-6,8-9,13,15,17H,7,10-12H2,1-2H3/t15-,17-/m1/s1. The minimum absolute atomic E-state index is 0.0314. The van der Waals surface area contributed by atoms with E-state index in [9.17, 15) is 4.79 Å². The third-order valence-corrected chi connectivity index (χ3v) is 4.64. The van der Waals surface area contributed by atoms with Gasteiger partial charge in [-0.25, -0.2) is 0 Å². The Kier molecular flexibility index (Phi) is 4.32. The zero-order valence-corrected chi connectivity index (χ0v) is 13.3. The van der Waals surface area contributed by atoms with E-state index >= 15 is 0 Å². The fourth-order valence-corrected chi connectivity index (χ4v) is 3.34. The maximum absolute atomic E-state index is 12.6. The fourth-order valence-electron chi connectivity index (χ4n) is 3.34. The number of aryl methyl sites for hydroxylation is 2. The van der Waals surface area contributed by atoms with E-state index in [1.54, 1.807) is 18.4 Å². The molecule has 0 radical (unpaired) electrons. The van der Waals surface area contributed by atoms with Gasteiger partial charge in [0.15, 0.2) is 5.76 Å². The highest BCUT2D eigenvalue weighted by atomic mass is 16.3. The molecule has 3 heteroatoms. The molecule has 1 aliphatic heterocycles. The van der Waals surface area contributed by atoms with Gasteiger partial charge in [0, 0.05) is 12.1 Å². The molecule has 2 heterocycles. The molecule has 2 aromatic rings. The summed E-state index contributed by atoms with van der Waals surface area (Å²) in [4.78, 5) is 14.6. The second kappa shape index (κ2) is 6.39. The second-order valence-electron chi connectivity index (χ2n) is 6.29. The lowest BCUT2D eigenvalue weighted by Crippen LogP contribution is -2.40. The first-order chi connectivity index (χ1) is 10.6. The Bertz CT molecular complexity index is 615. The molecule has 22 heavy (non-hydrogen) atoms. The summed E-state index contributed by atoms with van der Waals surface area (Å²) in [6.45, 7) is 4.24. The van der Waals surface area contributed by atoms with Gasteiger partial charge in [0.05, 0.1) is 6.26 Å². The molecule has 1 aromatic carbocycles. The molecule has 0 N–H and O–H groups in total. The van der Waals surface area contributed by atoms with Gasteiger partial charge in [-0.2, -0.15) is 0 Å². The van der Waals surface area contributed by atoms with Crippen molar-refractivity contribution in [1.82, 2.24) is 4.90 Å². The lowest BCUT2D eigenvalue weighted by molar-refractivity contribution is 0.0640. The predicted octanol–water partition coefficient (Wildman–Crippen LogP) is 4.21. The molecule has 1 amide bonds. The second-order valence-corrected chi connectivity index (χ2v) is 6.29. The molecular weight excluding hydrogens is 274 g/mol. The number of hydrogen-bond acceptors (Lipinski definition) is 2. The van der Waals surface area contributed by atoms with Crippen LogP contribution in [0.5, 0.6) is 0 Å². The summed E-state index contributed by atoms with van der Waals surface area (Å²) < 4.78 is 5.29. The lowest BCUT2D eigenvalue weighted by atomic mass is 10.0. The first-order valence-corrected chi connectivity index (χ1v) is 8.07. The zero-order valence-electron chi connectivity index (χ0n) is 13.3. The van der Waals surface area contributed by atoms with Gasteiger partial charge in [-0.1, -0.05) is 29.8 Å². The molecule has 0 bridgehead atoms. The highest BCUT2D eigenvalue weighted by Gasteiger charge is 2.35. The number of amides is 1. The van der Waals surface area contributed by atoms with Crippen LogP contribution in [0.3, 0.4) is 0 Å². The van der Waals surface area contributed by atoms with Crippen molar-refractivity contribution in [3.63, 3.8) is 0 Å². The van der Waals surface area contributed by atoms with E-state index in [1.165, 1.54) is 11.1 Å². The van der Waals surface area contributed by atoms with E-state index in [-0.39, 0.29) is 5.91 Å². The van der Waals surface area contributed by atoms with Gasteiger partial charge in [0.1, 0.15) is 0 Å². The lowest BCUT2D eigenvalue weighted by Gasteiger charge is -2.28. The molecule has 1 saturated heterocycles. The summed E-state index contributed by atoms with van der Waals surface area (Å²) in [7, 11) is 0. The SMILES string of the molecule is Cc1ccc(CC[C@H]2CC[C@@H](C)N2C(=O)c2ccco2)cc1.